The zero-order chi connectivity index (χ0) is 12.5. The Bertz CT molecular complexity index is 765. The highest BCUT2D eigenvalue weighted by Gasteiger charge is 2.08. The van der Waals surface area contributed by atoms with Gasteiger partial charge in [-0.05, 0) is 30.3 Å². The molecule has 0 fully saturated rings. The summed E-state index contributed by atoms with van der Waals surface area (Å²) in [6.45, 7) is 0. The van der Waals surface area contributed by atoms with Crippen LogP contribution < -0.4 is 5.73 Å². The molecule has 0 aliphatic heterocycles. The Hall–Kier alpha value is -2.80. The summed E-state index contributed by atoms with van der Waals surface area (Å²) in [4.78, 5) is 4.32. The third-order valence-electron chi connectivity index (χ3n) is 2.85. The highest BCUT2D eigenvalue weighted by atomic mass is 15.0. The molecule has 0 saturated heterocycles. The van der Waals surface area contributed by atoms with Gasteiger partial charge >= 0.3 is 0 Å². The van der Waals surface area contributed by atoms with E-state index in [4.69, 9.17) is 5.73 Å². The number of benzene rings is 2. The molecule has 0 spiro atoms. The van der Waals surface area contributed by atoms with Crippen LogP contribution in [0.25, 0.3) is 16.7 Å². The molecule has 86 valence electrons. The highest BCUT2D eigenvalue weighted by molar-refractivity contribution is 5.78. The van der Waals surface area contributed by atoms with Crippen LogP contribution in [0.15, 0.2) is 48.8 Å². The molecule has 0 atom stereocenters. The Labute approximate surface area is 104 Å². The maximum atomic E-state index is 9.17. The van der Waals surface area contributed by atoms with Crippen LogP contribution >= 0.6 is 0 Å². The van der Waals surface area contributed by atoms with Gasteiger partial charge in [-0.15, -0.1) is 0 Å². The van der Waals surface area contributed by atoms with E-state index in [9.17, 15) is 5.26 Å². The smallest absolute Gasteiger partial charge is 0.101 e. The summed E-state index contributed by atoms with van der Waals surface area (Å²) in [5, 5.41) is 9.17. The molecule has 2 aromatic carbocycles. The summed E-state index contributed by atoms with van der Waals surface area (Å²) in [5.41, 5.74) is 9.48. The molecule has 4 nitrogen and oxygen atoms in total. The lowest BCUT2D eigenvalue weighted by Gasteiger charge is -2.07. The van der Waals surface area contributed by atoms with Crippen LogP contribution in [0.5, 0.6) is 0 Å². The second-order valence-electron chi connectivity index (χ2n) is 3.99. The minimum Gasteiger partial charge on any atom is -0.399 e. The van der Waals surface area contributed by atoms with Crippen molar-refractivity contribution in [3.05, 3.63) is 54.4 Å². The quantitative estimate of drug-likeness (QED) is 0.658. The number of hydrogen-bond donors (Lipinski definition) is 1. The van der Waals surface area contributed by atoms with E-state index < -0.39 is 0 Å². The third-order valence-corrected chi connectivity index (χ3v) is 2.85. The molecule has 3 rings (SSSR count). The number of imidazole rings is 1. The van der Waals surface area contributed by atoms with Gasteiger partial charge < -0.3 is 5.73 Å². The van der Waals surface area contributed by atoms with Crippen LogP contribution in [0.1, 0.15) is 5.56 Å². The van der Waals surface area contributed by atoms with E-state index >= 15 is 0 Å². The zero-order valence-electron chi connectivity index (χ0n) is 9.54. The van der Waals surface area contributed by atoms with Gasteiger partial charge in [0, 0.05) is 5.69 Å². The maximum Gasteiger partial charge on any atom is 0.101 e. The second-order valence-corrected chi connectivity index (χ2v) is 3.99. The molecule has 3 aromatic rings. The summed E-state index contributed by atoms with van der Waals surface area (Å²) in [6.07, 6.45) is 1.72. The van der Waals surface area contributed by atoms with Gasteiger partial charge in [0.25, 0.3) is 0 Å². The second kappa shape index (κ2) is 3.90. The number of rotatable bonds is 1. The number of aromatic nitrogens is 2. The molecular weight excluding hydrogens is 224 g/mol. The number of hydrogen-bond acceptors (Lipinski definition) is 3. The van der Waals surface area contributed by atoms with Crippen molar-refractivity contribution in [2.75, 3.05) is 5.73 Å². The molecule has 0 bridgehead atoms. The van der Waals surface area contributed by atoms with Gasteiger partial charge in [0.15, 0.2) is 0 Å². The topological polar surface area (TPSA) is 67.6 Å². The van der Waals surface area contributed by atoms with Gasteiger partial charge in [-0.2, -0.15) is 5.26 Å². The van der Waals surface area contributed by atoms with Crippen molar-refractivity contribution in [1.82, 2.24) is 9.55 Å². The monoisotopic (exact) mass is 234 g/mol. The van der Waals surface area contributed by atoms with E-state index in [1.807, 2.05) is 34.9 Å². The van der Waals surface area contributed by atoms with E-state index in [-0.39, 0.29) is 0 Å². The van der Waals surface area contributed by atoms with Gasteiger partial charge in [-0.25, -0.2) is 4.98 Å². The Morgan fingerprint density at radius 3 is 2.83 bits per heavy atom. The first kappa shape index (κ1) is 10.4. The predicted octanol–water partition coefficient (Wildman–Crippen LogP) is 2.48. The Morgan fingerprint density at radius 2 is 2.00 bits per heavy atom. The van der Waals surface area contributed by atoms with E-state index in [0.29, 0.717) is 11.3 Å². The average molecular weight is 234 g/mol. The summed E-state index contributed by atoms with van der Waals surface area (Å²) in [5.74, 6) is 0. The standard InChI is InChI=1S/C14H10N4/c15-8-10-7-11(16)5-6-13(10)18-9-17-12-3-1-2-4-14(12)18/h1-7,9H,16H2. The fourth-order valence-corrected chi connectivity index (χ4v) is 2.00. The average Bonchev–Trinajstić information content (AvgIpc) is 2.82. The molecule has 18 heavy (non-hydrogen) atoms. The van der Waals surface area contributed by atoms with Crippen LogP contribution in [-0.4, -0.2) is 9.55 Å². The van der Waals surface area contributed by atoms with Crippen LogP contribution in [0.3, 0.4) is 0 Å². The fraction of sp³-hybridized carbons (Fsp3) is 0. The molecule has 0 saturated carbocycles. The highest BCUT2D eigenvalue weighted by Crippen LogP contribution is 2.22. The first-order chi connectivity index (χ1) is 8.79. The number of nitrogens with zero attached hydrogens (tertiary/aromatic N) is 3. The van der Waals surface area contributed by atoms with Crippen LogP contribution in [0, 0.1) is 11.3 Å². The van der Waals surface area contributed by atoms with Crippen molar-refractivity contribution in [2.24, 2.45) is 0 Å². The van der Waals surface area contributed by atoms with Crippen molar-refractivity contribution < 1.29 is 0 Å². The van der Waals surface area contributed by atoms with Crippen molar-refractivity contribution in [1.29, 1.82) is 5.26 Å². The first-order valence-corrected chi connectivity index (χ1v) is 5.51. The molecule has 2 N–H and O–H groups in total. The third kappa shape index (κ3) is 1.50. The maximum absolute atomic E-state index is 9.17. The van der Waals surface area contributed by atoms with Crippen molar-refractivity contribution >= 4 is 16.7 Å². The first-order valence-electron chi connectivity index (χ1n) is 5.51. The minimum absolute atomic E-state index is 0.540. The molecule has 1 heterocycles. The summed E-state index contributed by atoms with van der Waals surface area (Å²) >= 11 is 0. The predicted molar refractivity (Wildman–Crippen MR) is 70.2 cm³/mol. The number of fused-ring (bicyclic) bond motifs is 1. The summed E-state index contributed by atoms with van der Waals surface area (Å²) in [6, 6.07) is 15.2. The SMILES string of the molecule is N#Cc1cc(N)ccc1-n1cnc2ccccc21. The number of nitrogen functional groups attached to an aromatic ring is 1. The number of nitrogens with two attached hydrogens (primary N) is 1. The van der Waals surface area contributed by atoms with Crippen LogP contribution in [0.4, 0.5) is 5.69 Å². The molecule has 0 amide bonds. The summed E-state index contributed by atoms with van der Waals surface area (Å²) in [7, 11) is 0. The molecule has 1 aromatic heterocycles. The van der Waals surface area contributed by atoms with E-state index in [1.165, 1.54) is 0 Å². The minimum atomic E-state index is 0.540. The Kier molecular flexibility index (Phi) is 2.24. The van der Waals surface area contributed by atoms with Gasteiger partial charge in [0.2, 0.25) is 0 Å². The van der Waals surface area contributed by atoms with Gasteiger partial charge in [0.1, 0.15) is 12.4 Å². The molecule has 4 heteroatoms. The van der Waals surface area contributed by atoms with Gasteiger partial charge in [-0.1, -0.05) is 12.1 Å². The lowest BCUT2D eigenvalue weighted by atomic mass is 10.1. The lowest BCUT2D eigenvalue weighted by molar-refractivity contribution is 1.09. The molecule has 0 radical (unpaired) electrons. The summed E-state index contributed by atoms with van der Waals surface area (Å²) < 4.78 is 1.90. The Morgan fingerprint density at radius 1 is 1.17 bits per heavy atom. The molecule has 0 aliphatic carbocycles. The van der Waals surface area contributed by atoms with E-state index in [1.54, 1.807) is 18.5 Å². The largest absolute Gasteiger partial charge is 0.399 e. The molecule has 0 aliphatic rings. The van der Waals surface area contributed by atoms with Crippen molar-refractivity contribution in [3.63, 3.8) is 0 Å². The number of anilines is 1. The van der Waals surface area contributed by atoms with E-state index in [0.717, 1.165) is 16.7 Å². The lowest BCUT2D eigenvalue weighted by Crippen LogP contribution is -1.97. The molecule has 0 unspecified atom stereocenters. The van der Waals surface area contributed by atoms with Crippen LogP contribution in [0.2, 0.25) is 0 Å². The molecular formula is C14H10N4. The van der Waals surface area contributed by atoms with Crippen LogP contribution in [-0.2, 0) is 0 Å². The van der Waals surface area contributed by atoms with Gasteiger partial charge in [-0.3, -0.25) is 4.57 Å². The van der Waals surface area contributed by atoms with Gasteiger partial charge in [0.05, 0.1) is 22.3 Å². The zero-order valence-corrected chi connectivity index (χ0v) is 9.54. The Balaban J connectivity index is 2.30. The normalized spacial score (nSPS) is 10.4. The van der Waals surface area contributed by atoms with E-state index in [2.05, 4.69) is 11.1 Å². The van der Waals surface area contributed by atoms with Crippen molar-refractivity contribution in [2.45, 2.75) is 0 Å². The van der Waals surface area contributed by atoms with Crippen molar-refractivity contribution in [3.8, 4) is 11.8 Å². The number of para-hydroxylation sites is 2. The number of nitriles is 1. The fourth-order valence-electron chi connectivity index (χ4n) is 2.00.